The molecule has 0 aliphatic rings. The van der Waals surface area contributed by atoms with Crippen LogP contribution in [0, 0.1) is 10.1 Å². The van der Waals surface area contributed by atoms with Crippen LogP contribution in [0.3, 0.4) is 0 Å². The fourth-order valence-electron chi connectivity index (χ4n) is 1.03. The number of aromatic nitrogens is 2. The number of hydrogen-bond donors (Lipinski definition) is 2. The standard InChI is InChI=1S/C7H8BrN5O4/c1-3(6(14)10-7(9)15)12-2-4(8)5(11-12)13(16)17/h2-3H,1H3,(H3,9,10,14,15). The molecule has 3 amide bonds. The Labute approximate surface area is 103 Å². The van der Waals surface area contributed by atoms with E-state index in [1.54, 1.807) is 0 Å². The Kier molecular flexibility index (Phi) is 3.78. The second-order valence-electron chi connectivity index (χ2n) is 3.07. The Hall–Kier alpha value is -1.97. The van der Waals surface area contributed by atoms with E-state index in [1.165, 1.54) is 13.1 Å². The van der Waals surface area contributed by atoms with Crippen molar-refractivity contribution in [3.8, 4) is 0 Å². The molecule has 3 N–H and O–H groups in total. The molecule has 0 bridgehead atoms. The lowest BCUT2D eigenvalue weighted by molar-refractivity contribution is -0.390. The number of carbonyl (C=O) groups is 2. The molecule has 10 heteroatoms. The highest BCUT2D eigenvalue weighted by atomic mass is 79.9. The molecule has 1 atom stereocenters. The van der Waals surface area contributed by atoms with E-state index in [-0.39, 0.29) is 4.47 Å². The van der Waals surface area contributed by atoms with Gasteiger partial charge in [-0.05, 0) is 27.8 Å². The molecule has 0 aliphatic carbocycles. The number of amides is 3. The summed E-state index contributed by atoms with van der Waals surface area (Å²) >= 11 is 2.94. The number of carbonyl (C=O) groups excluding carboxylic acids is 2. The third-order valence-corrected chi connectivity index (χ3v) is 2.42. The van der Waals surface area contributed by atoms with E-state index >= 15 is 0 Å². The van der Waals surface area contributed by atoms with Gasteiger partial charge in [0, 0.05) is 0 Å². The van der Waals surface area contributed by atoms with Gasteiger partial charge in [-0.2, -0.15) is 4.68 Å². The molecule has 0 aromatic carbocycles. The van der Waals surface area contributed by atoms with Crippen LogP contribution < -0.4 is 11.1 Å². The van der Waals surface area contributed by atoms with Crippen molar-refractivity contribution in [3.05, 3.63) is 20.8 Å². The Morgan fingerprint density at radius 3 is 2.71 bits per heavy atom. The van der Waals surface area contributed by atoms with Crippen LogP contribution in [0.25, 0.3) is 0 Å². The molecule has 1 heterocycles. The molecule has 0 aliphatic heterocycles. The first-order valence-electron chi connectivity index (χ1n) is 4.32. The fraction of sp³-hybridized carbons (Fsp3) is 0.286. The Morgan fingerprint density at radius 1 is 1.71 bits per heavy atom. The van der Waals surface area contributed by atoms with Gasteiger partial charge in [0.2, 0.25) is 0 Å². The van der Waals surface area contributed by atoms with Crippen molar-refractivity contribution in [2.45, 2.75) is 13.0 Å². The van der Waals surface area contributed by atoms with Crippen LogP contribution in [0.1, 0.15) is 13.0 Å². The number of nitro groups is 1. The molecule has 0 saturated heterocycles. The van der Waals surface area contributed by atoms with E-state index in [9.17, 15) is 19.7 Å². The molecule has 0 fully saturated rings. The first kappa shape index (κ1) is 13.1. The molecular formula is C7H8BrN5O4. The van der Waals surface area contributed by atoms with Crippen LogP contribution in [0.15, 0.2) is 10.7 Å². The molecule has 9 nitrogen and oxygen atoms in total. The second kappa shape index (κ2) is 4.91. The minimum absolute atomic E-state index is 0.140. The zero-order valence-corrected chi connectivity index (χ0v) is 10.2. The Bertz CT molecular complexity index is 485. The lowest BCUT2D eigenvalue weighted by Gasteiger charge is -2.06. The molecule has 0 radical (unpaired) electrons. The van der Waals surface area contributed by atoms with Gasteiger partial charge in [0.05, 0.1) is 11.3 Å². The summed E-state index contributed by atoms with van der Waals surface area (Å²) in [4.78, 5) is 31.7. The number of hydrogen-bond acceptors (Lipinski definition) is 5. The van der Waals surface area contributed by atoms with Crippen molar-refractivity contribution < 1.29 is 14.5 Å². The van der Waals surface area contributed by atoms with Gasteiger partial charge in [-0.1, -0.05) is 0 Å². The zero-order chi connectivity index (χ0) is 13.2. The minimum Gasteiger partial charge on any atom is -0.358 e. The summed E-state index contributed by atoms with van der Waals surface area (Å²) in [6, 6.07) is -1.89. The van der Waals surface area contributed by atoms with Gasteiger partial charge >= 0.3 is 11.8 Å². The average molecular weight is 306 g/mol. The maximum atomic E-state index is 11.4. The molecule has 1 rings (SSSR count). The predicted molar refractivity (Wildman–Crippen MR) is 59.0 cm³/mol. The summed E-state index contributed by atoms with van der Waals surface area (Å²) in [5, 5.41) is 16.0. The van der Waals surface area contributed by atoms with Crippen LogP contribution in [-0.2, 0) is 4.79 Å². The summed E-state index contributed by atoms with van der Waals surface area (Å²) in [6.45, 7) is 1.42. The number of urea groups is 1. The molecule has 92 valence electrons. The smallest absolute Gasteiger partial charge is 0.358 e. The van der Waals surface area contributed by atoms with E-state index in [1.807, 2.05) is 5.32 Å². The van der Waals surface area contributed by atoms with Crippen LogP contribution in [0.2, 0.25) is 0 Å². The van der Waals surface area contributed by atoms with Crippen LogP contribution in [0.4, 0.5) is 10.6 Å². The van der Waals surface area contributed by atoms with Crippen LogP contribution >= 0.6 is 15.9 Å². The number of rotatable bonds is 3. The summed E-state index contributed by atoms with van der Waals surface area (Å²) in [7, 11) is 0. The van der Waals surface area contributed by atoms with Crippen molar-refractivity contribution >= 4 is 33.7 Å². The van der Waals surface area contributed by atoms with Gasteiger partial charge in [0.25, 0.3) is 5.91 Å². The molecular weight excluding hydrogens is 298 g/mol. The van der Waals surface area contributed by atoms with Gasteiger partial charge in [-0.3, -0.25) is 10.1 Å². The van der Waals surface area contributed by atoms with Crippen molar-refractivity contribution in [1.29, 1.82) is 0 Å². The molecule has 1 aromatic rings. The molecule has 1 unspecified atom stereocenters. The van der Waals surface area contributed by atoms with E-state index in [0.717, 1.165) is 4.68 Å². The number of halogens is 1. The number of nitrogens with two attached hydrogens (primary N) is 1. The van der Waals surface area contributed by atoms with Gasteiger partial charge in [-0.15, -0.1) is 0 Å². The predicted octanol–water partition coefficient (Wildman–Crippen LogP) is 0.310. The van der Waals surface area contributed by atoms with E-state index in [4.69, 9.17) is 5.73 Å². The van der Waals surface area contributed by atoms with Gasteiger partial charge in [0.15, 0.2) is 0 Å². The van der Waals surface area contributed by atoms with E-state index in [2.05, 4.69) is 21.0 Å². The molecule has 0 spiro atoms. The maximum Gasteiger partial charge on any atom is 0.404 e. The monoisotopic (exact) mass is 305 g/mol. The highest BCUT2D eigenvalue weighted by Crippen LogP contribution is 2.23. The van der Waals surface area contributed by atoms with Crippen molar-refractivity contribution in [2.24, 2.45) is 5.73 Å². The zero-order valence-electron chi connectivity index (χ0n) is 8.58. The summed E-state index contributed by atoms with van der Waals surface area (Å²) in [5.74, 6) is -1.12. The van der Waals surface area contributed by atoms with Crippen LogP contribution in [0.5, 0.6) is 0 Å². The Morgan fingerprint density at radius 2 is 2.29 bits per heavy atom. The van der Waals surface area contributed by atoms with Gasteiger partial charge < -0.3 is 15.8 Å². The van der Waals surface area contributed by atoms with Crippen LogP contribution in [-0.4, -0.2) is 26.6 Å². The average Bonchev–Trinajstić information content (AvgIpc) is 2.58. The van der Waals surface area contributed by atoms with Gasteiger partial charge in [-0.25, -0.2) is 4.79 Å². The lowest BCUT2D eigenvalue weighted by Crippen LogP contribution is -2.39. The van der Waals surface area contributed by atoms with Crippen molar-refractivity contribution in [1.82, 2.24) is 15.1 Å². The highest BCUT2D eigenvalue weighted by Gasteiger charge is 2.25. The molecule has 1 aromatic heterocycles. The van der Waals surface area contributed by atoms with Crippen molar-refractivity contribution in [2.75, 3.05) is 0 Å². The number of nitrogens with zero attached hydrogens (tertiary/aromatic N) is 3. The Balaban J connectivity index is 2.93. The number of imide groups is 1. The number of primary amides is 1. The summed E-state index contributed by atoms with van der Waals surface area (Å²) in [6.07, 6.45) is 1.27. The largest absolute Gasteiger partial charge is 0.404 e. The first-order valence-corrected chi connectivity index (χ1v) is 5.11. The third kappa shape index (κ3) is 3.00. The van der Waals surface area contributed by atoms with E-state index < -0.39 is 28.7 Å². The molecule has 0 saturated carbocycles. The molecule has 17 heavy (non-hydrogen) atoms. The first-order chi connectivity index (χ1) is 7.82. The SMILES string of the molecule is CC(C(=O)NC(N)=O)n1cc(Br)c([N+](=O)[O-])n1. The topological polar surface area (TPSA) is 133 Å². The van der Waals surface area contributed by atoms with Crippen molar-refractivity contribution in [3.63, 3.8) is 0 Å². The normalized spacial score (nSPS) is 11.9. The number of nitrogens with one attached hydrogen (secondary N) is 1. The minimum atomic E-state index is -0.998. The lowest BCUT2D eigenvalue weighted by atomic mass is 10.3. The summed E-state index contributed by atoms with van der Waals surface area (Å²) < 4.78 is 1.20. The third-order valence-electron chi connectivity index (χ3n) is 1.87. The van der Waals surface area contributed by atoms with Gasteiger partial charge in [0.1, 0.15) is 10.5 Å². The maximum absolute atomic E-state index is 11.4. The highest BCUT2D eigenvalue weighted by molar-refractivity contribution is 9.10. The summed E-state index contributed by atoms with van der Waals surface area (Å²) in [5.41, 5.74) is 4.77. The van der Waals surface area contributed by atoms with E-state index in [0.29, 0.717) is 0 Å². The second-order valence-corrected chi connectivity index (χ2v) is 3.92. The quantitative estimate of drug-likeness (QED) is 0.612. The fourth-order valence-corrected chi connectivity index (χ4v) is 1.46.